The number of fused-ring (bicyclic) bond motifs is 1. The molecule has 0 aliphatic carbocycles. The third-order valence-electron chi connectivity index (χ3n) is 6.05. The smallest absolute Gasteiger partial charge is 0.307 e. The van der Waals surface area contributed by atoms with E-state index in [9.17, 15) is 9.59 Å². The highest BCUT2D eigenvalue weighted by Crippen LogP contribution is 2.33. The van der Waals surface area contributed by atoms with Crippen LogP contribution in [0.5, 0.6) is 0 Å². The van der Waals surface area contributed by atoms with Gasteiger partial charge in [0.25, 0.3) is 5.56 Å². The number of ether oxygens (including phenoxy) is 1. The van der Waals surface area contributed by atoms with Gasteiger partial charge in [0.15, 0.2) is 0 Å². The number of carboxylic acids is 1. The fourth-order valence-electron chi connectivity index (χ4n) is 4.34. The molecule has 1 unspecified atom stereocenters. The fraction of sp³-hybridized carbons (Fsp3) is 0.185. The van der Waals surface area contributed by atoms with Gasteiger partial charge in [-0.2, -0.15) is 0 Å². The molecule has 34 heavy (non-hydrogen) atoms. The van der Waals surface area contributed by atoms with Crippen molar-refractivity contribution < 1.29 is 14.6 Å². The average molecular weight is 475 g/mol. The van der Waals surface area contributed by atoms with Gasteiger partial charge in [-0.1, -0.05) is 60.1 Å². The predicted molar refractivity (Wildman–Crippen MR) is 133 cm³/mol. The number of benzene rings is 3. The van der Waals surface area contributed by atoms with Gasteiger partial charge in [0.2, 0.25) is 0 Å². The predicted octanol–water partition coefficient (Wildman–Crippen LogP) is 4.80. The second kappa shape index (κ2) is 9.43. The van der Waals surface area contributed by atoms with Crippen molar-refractivity contribution in [1.82, 2.24) is 10.3 Å². The van der Waals surface area contributed by atoms with Crippen molar-refractivity contribution in [3.05, 3.63) is 93.2 Å². The molecule has 172 valence electrons. The number of hydrogen-bond acceptors (Lipinski definition) is 4. The Morgan fingerprint density at radius 3 is 2.56 bits per heavy atom. The number of morpholine rings is 1. The van der Waals surface area contributed by atoms with Gasteiger partial charge < -0.3 is 20.1 Å². The largest absolute Gasteiger partial charge is 0.481 e. The van der Waals surface area contributed by atoms with Crippen LogP contribution in [0.3, 0.4) is 0 Å². The van der Waals surface area contributed by atoms with E-state index in [2.05, 4.69) is 22.4 Å². The minimum Gasteiger partial charge on any atom is -0.481 e. The van der Waals surface area contributed by atoms with Crippen LogP contribution in [0.4, 0.5) is 0 Å². The molecule has 0 bridgehead atoms. The number of halogens is 1. The summed E-state index contributed by atoms with van der Waals surface area (Å²) in [5, 5.41) is 13.8. The zero-order chi connectivity index (χ0) is 23.7. The standard InChI is InChI=1S/C27H23ClN2O4/c28-23-14-24-20(12-21(23)17-4-6-18(7-5-17)25-15-29-8-9-34-25)13-22(27(33)30-24)19-3-1-2-16(10-19)11-26(31)32/h1-7,10,12-14,25,29H,8-9,11,15H2,(H,30,33)(H,31,32). The number of H-pyrrole nitrogens is 1. The monoisotopic (exact) mass is 474 g/mol. The lowest BCUT2D eigenvalue weighted by Gasteiger charge is -2.24. The Balaban J connectivity index is 1.52. The maximum absolute atomic E-state index is 12.8. The van der Waals surface area contributed by atoms with E-state index < -0.39 is 5.97 Å². The fourth-order valence-corrected chi connectivity index (χ4v) is 4.62. The first-order chi connectivity index (χ1) is 16.5. The Labute approximate surface area is 201 Å². The molecule has 4 aromatic rings. The Bertz CT molecular complexity index is 1420. The number of aromatic nitrogens is 1. The lowest BCUT2D eigenvalue weighted by molar-refractivity contribution is -0.136. The maximum Gasteiger partial charge on any atom is 0.307 e. The van der Waals surface area contributed by atoms with Crippen molar-refractivity contribution in [3.8, 4) is 22.3 Å². The SMILES string of the molecule is O=C(O)Cc1cccc(-c2cc3cc(-c4ccc(C5CNCCO5)cc4)c(Cl)cc3[nH]c2=O)c1. The molecule has 1 fully saturated rings. The van der Waals surface area contributed by atoms with Gasteiger partial charge in [0, 0.05) is 29.7 Å². The van der Waals surface area contributed by atoms with Crippen LogP contribution in [0.25, 0.3) is 33.2 Å². The number of carboxylic acid groups (broad SMARTS) is 1. The molecule has 5 rings (SSSR count). The van der Waals surface area contributed by atoms with Crippen LogP contribution in [-0.2, 0) is 16.0 Å². The van der Waals surface area contributed by atoms with Crippen LogP contribution < -0.4 is 10.9 Å². The van der Waals surface area contributed by atoms with Crippen molar-refractivity contribution in [2.45, 2.75) is 12.5 Å². The van der Waals surface area contributed by atoms with E-state index in [4.69, 9.17) is 21.4 Å². The van der Waals surface area contributed by atoms with E-state index in [1.165, 1.54) is 0 Å². The Hall–Kier alpha value is -3.45. The van der Waals surface area contributed by atoms with Crippen LogP contribution in [0.1, 0.15) is 17.2 Å². The third-order valence-corrected chi connectivity index (χ3v) is 6.36. The lowest BCUT2D eigenvalue weighted by atomic mass is 9.98. The average Bonchev–Trinajstić information content (AvgIpc) is 2.84. The van der Waals surface area contributed by atoms with Gasteiger partial charge in [0.1, 0.15) is 0 Å². The first kappa shape index (κ1) is 22.3. The van der Waals surface area contributed by atoms with Crippen molar-refractivity contribution >= 4 is 28.5 Å². The van der Waals surface area contributed by atoms with Crippen molar-refractivity contribution in [2.75, 3.05) is 19.7 Å². The Morgan fingerprint density at radius 1 is 1.03 bits per heavy atom. The summed E-state index contributed by atoms with van der Waals surface area (Å²) < 4.78 is 5.83. The lowest BCUT2D eigenvalue weighted by Crippen LogP contribution is -2.33. The molecular weight excluding hydrogens is 452 g/mol. The van der Waals surface area contributed by atoms with Crippen molar-refractivity contribution in [3.63, 3.8) is 0 Å². The molecule has 0 saturated carbocycles. The Kier molecular flexibility index (Phi) is 6.20. The van der Waals surface area contributed by atoms with Gasteiger partial charge in [-0.25, -0.2) is 0 Å². The molecule has 1 saturated heterocycles. The van der Waals surface area contributed by atoms with Crippen molar-refractivity contribution in [2.24, 2.45) is 0 Å². The van der Waals surface area contributed by atoms with Gasteiger partial charge in [-0.05, 0) is 45.8 Å². The molecule has 1 aromatic heterocycles. The summed E-state index contributed by atoms with van der Waals surface area (Å²) in [7, 11) is 0. The molecular formula is C27H23ClN2O4. The minimum atomic E-state index is -0.916. The number of carbonyl (C=O) groups is 1. The highest BCUT2D eigenvalue weighted by molar-refractivity contribution is 6.34. The number of rotatable bonds is 5. The van der Waals surface area contributed by atoms with E-state index in [0.717, 1.165) is 35.2 Å². The van der Waals surface area contributed by atoms with Gasteiger partial charge in [0.05, 0.1) is 24.2 Å². The van der Waals surface area contributed by atoms with E-state index in [1.807, 2.05) is 24.3 Å². The second-order valence-electron chi connectivity index (χ2n) is 8.39. The van der Waals surface area contributed by atoms with Crippen LogP contribution in [0.15, 0.2) is 71.5 Å². The molecule has 2 heterocycles. The first-order valence-corrected chi connectivity index (χ1v) is 11.5. The molecule has 0 amide bonds. The van der Waals surface area contributed by atoms with Crippen molar-refractivity contribution in [1.29, 1.82) is 0 Å². The zero-order valence-corrected chi connectivity index (χ0v) is 19.1. The maximum atomic E-state index is 12.8. The number of aromatic amines is 1. The summed E-state index contributed by atoms with van der Waals surface area (Å²) in [5.74, 6) is -0.916. The summed E-state index contributed by atoms with van der Waals surface area (Å²) in [4.78, 5) is 26.8. The van der Waals surface area contributed by atoms with E-state index in [0.29, 0.717) is 33.8 Å². The van der Waals surface area contributed by atoms with Crippen LogP contribution >= 0.6 is 11.6 Å². The summed E-state index contributed by atoms with van der Waals surface area (Å²) in [6, 6.07) is 20.8. The molecule has 1 atom stereocenters. The highest BCUT2D eigenvalue weighted by atomic mass is 35.5. The molecule has 0 radical (unpaired) electrons. The van der Waals surface area contributed by atoms with E-state index >= 15 is 0 Å². The van der Waals surface area contributed by atoms with Crippen LogP contribution in [-0.4, -0.2) is 35.8 Å². The molecule has 3 N–H and O–H groups in total. The number of aliphatic carboxylic acids is 1. The third kappa shape index (κ3) is 4.61. The topological polar surface area (TPSA) is 91.4 Å². The molecule has 3 aromatic carbocycles. The zero-order valence-electron chi connectivity index (χ0n) is 18.3. The number of pyridine rings is 1. The van der Waals surface area contributed by atoms with Gasteiger partial charge >= 0.3 is 5.97 Å². The molecule has 7 heteroatoms. The molecule has 1 aliphatic heterocycles. The number of nitrogens with one attached hydrogen (secondary N) is 2. The summed E-state index contributed by atoms with van der Waals surface area (Å²) in [5.41, 5.74) is 5.11. The van der Waals surface area contributed by atoms with Crippen LogP contribution in [0, 0.1) is 0 Å². The van der Waals surface area contributed by atoms with E-state index in [-0.39, 0.29) is 18.1 Å². The first-order valence-electron chi connectivity index (χ1n) is 11.1. The quantitative estimate of drug-likeness (QED) is 0.386. The van der Waals surface area contributed by atoms with Crippen LogP contribution in [0.2, 0.25) is 5.02 Å². The number of hydrogen-bond donors (Lipinski definition) is 3. The summed E-state index contributed by atoms with van der Waals surface area (Å²) >= 11 is 6.59. The van der Waals surface area contributed by atoms with Gasteiger partial charge in [-0.3, -0.25) is 9.59 Å². The molecule has 6 nitrogen and oxygen atoms in total. The molecule has 0 spiro atoms. The van der Waals surface area contributed by atoms with E-state index in [1.54, 1.807) is 30.3 Å². The summed E-state index contributed by atoms with van der Waals surface area (Å²) in [6.07, 6.45) is -0.0591. The summed E-state index contributed by atoms with van der Waals surface area (Å²) in [6.45, 7) is 2.36. The normalized spacial score (nSPS) is 16.0. The van der Waals surface area contributed by atoms with Gasteiger partial charge in [-0.15, -0.1) is 0 Å². The minimum absolute atomic E-state index is 0.0411. The second-order valence-corrected chi connectivity index (χ2v) is 8.80. The molecule has 1 aliphatic rings. The Morgan fingerprint density at radius 2 is 1.82 bits per heavy atom. The highest BCUT2D eigenvalue weighted by Gasteiger charge is 2.16.